The first-order chi connectivity index (χ1) is 9.10. The van der Waals surface area contributed by atoms with E-state index in [-0.39, 0.29) is 0 Å². The standard InChI is InChI=1S/C13H21N3O3/c1-18-7-5-16(6-8-19-2)12-4-3-10(14)9-11(12)13(15)17/h3-4,9H,5-8,14H2,1-2H3,(H2,15,17). The fourth-order valence-electron chi connectivity index (χ4n) is 1.78. The molecule has 0 aromatic heterocycles. The third kappa shape index (κ3) is 4.42. The fourth-order valence-corrected chi connectivity index (χ4v) is 1.78. The van der Waals surface area contributed by atoms with Gasteiger partial charge >= 0.3 is 0 Å². The summed E-state index contributed by atoms with van der Waals surface area (Å²) < 4.78 is 10.1. The second kappa shape index (κ2) is 7.60. The Morgan fingerprint density at radius 2 is 1.79 bits per heavy atom. The van der Waals surface area contributed by atoms with Gasteiger partial charge in [-0.1, -0.05) is 0 Å². The molecule has 0 bridgehead atoms. The van der Waals surface area contributed by atoms with Crippen LogP contribution in [0.15, 0.2) is 18.2 Å². The minimum Gasteiger partial charge on any atom is -0.399 e. The van der Waals surface area contributed by atoms with E-state index in [1.54, 1.807) is 32.4 Å². The number of nitrogen functional groups attached to an aromatic ring is 1. The van der Waals surface area contributed by atoms with Gasteiger partial charge in [-0.15, -0.1) is 0 Å². The quantitative estimate of drug-likeness (QED) is 0.668. The molecule has 4 N–H and O–H groups in total. The van der Waals surface area contributed by atoms with Crippen LogP contribution in [0.2, 0.25) is 0 Å². The van der Waals surface area contributed by atoms with Gasteiger partial charge in [0.25, 0.3) is 5.91 Å². The third-order valence-corrected chi connectivity index (χ3v) is 2.76. The minimum atomic E-state index is -0.498. The van der Waals surface area contributed by atoms with E-state index in [1.807, 2.05) is 4.90 Å². The first kappa shape index (κ1) is 15.3. The Balaban J connectivity index is 3.02. The van der Waals surface area contributed by atoms with Crippen LogP contribution in [0.3, 0.4) is 0 Å². The predicted molar refractivity (Wildman–Crippen MR) is 75.3 cm³/mol. The summed E-state index contributed by atoms with van der Waals surface area (Å²) in [4.78, 5) is 13.5. The topological polar surface area (TPSA) is 90.8 Å². The van der Waals surface area contributed by atoms with Crippen molar-refractivity contribution in [1.82, 2.24) is 0 Å². The smallest absolute Gasteiger partial charge is 0.250 e. The molecule has 0 saturated carbocycles. The van der Waals surface area contributed by atoms with Gasteiger partial charge < -0.3 is 25.8 Å². The monoisotopic (exact) mass is 267 g/mol. The Kier molecular flexibility index (Phi) is 6.11. The van der Waals surface area contributed by atoms with Gasteiger partial charge in [-0.2, -0.15) is 0 Å². The molecule has 0 radical (unpaired) electrons. The predicted octanol–water partition coefficient (Wildman–Crippen LogP) is 0.467. The average Bonchev–Trinajstić information content (AvgIpc) is 2.39. The summed E-state index contributed by atoms with van der Waals surface area (Å²) in [6.07, 6.45) is 0. The summed E-state index contributed by atoms with van der Waals surface area (Å²) in [5.41, 5.74) is 12.8. The number of carbonyl (C=O) groups excluding carboxylic acids is 1. The van der Waals surface area contributed by atoms with E-state index in [9.17, 15) is 4.79 Å². The van der Waals surface area contributed by atoms with Gasteiger partial charge in [-0.3, -0.25) is 4.79 Å². The summed E-state index contributed by atoms with van der Waals surface area (Å²) in [6.45, 7) is 2.38. The van der Waals surface area contributed by atoms with Gasteiger partial charge in [0.05, 0.1) is 18.8 Å². The van der Waals surface area contributed by atoms with E-state index in [2.05, 4.69) is 0 Å². The molecule has 1 aromatic rings. The molecule has 0 aliphatic rings. The summed E-state index contributed by atoms with van der Waals surface area (Å²) >= 11 is 0. The Labute approximate surface area is 113 Å². The molecule has 1 amide bonds. The van der Waals surface area contributed by atoms with Gasteiger partial charge in [0.1, 0.15) is 0 Å². The molecular weight excluding hydrogens is 246 g/mol. The van der Waals surface area contributed by atoms with E-state index in [0.29, 0.717) is 37.6 Å². The fraction of sp³-hybridized carbons (Fsp3) is 0.462. The SMILES string of the molecule is COCCN(CCOC)c1ccc(N)cc1C(N)=O. The van der Waals surface area contributed by atoms with Crippen LogP contribution in [0.5, 0.6) is 0 Å². The van der Waals surface area contributed by atoms with Crippen molar-refractivity contribution in [2.45, 2.75) is 0 Å². The van der Waals surface area contributed by atoms with Gasteiger partial charge in [0.15, 0.2) is 0 Å². The number of rotatable bonds is 8. The highest BCUT2D eigenvalue weighted by Gasteiger charge is 2.15. The van der Waals surface area contributed by atoms with Crippen LogP contribution in [-0.4, -0.2) is 46.4 Å². The second-order valence-electron chi connectivity index (χ2n) is 4.11. The van der Waals surface area contributed by atoms with Crippen LogP contribution >= 0.6 is 0 Å². The van der Waals surface area contributed by atoms with Crippen molar-refractivity contribution in [3.8, 4) is 0 Å². The maximum Gasteiger partial charge on any atom is 0.250 e. The summed E-state index contributed by atoms with van der Waals surface area (Å²) in [6, 6.07) is 5.12. The van der Waals surface area contributed by atoms with E-state index in [1.165, 1.54) is 0 Å². The van der Waals surface area contributed by atoms with E-state index >= 15 is 0 Å². The Morgan fingerprint density at radius 1 is 1.21 bits per heavy atom. The normalized spacial score (nSPS) is 10.4. The lowest BCUT2D eigenvalue weighted by Gasteiger charge is -2.26. The summed E-state index contributed by atoms with van der Waals surface area (Å²) in [5, 5.41) is 0. The lowest BCUT2D eigenvalue weighted by atomic mass is 10.1. The van der Waals surface area contributed by atoms with Crippen molar-refractivity contribution in [3.05, 3.63) is 23.8 Å². The highest BCUT2D eigenvalue weighted by molar-refractivity contribution is 5.99. The molecule has 0 aliphatic heterocycles. The molecule has 0 heterocycles. The number of ether oxygens (including phenoxy) is 2. The molecule has 19 heavy (non-hydrogen) atoms. The van der Waals surface area contributed by atoms with Crippen LogP contribution in [0.4, 0.5) is 11.4 Å². The highest BCUT2D eigenvalue weighted by atomic mass is 16.5. The number of benzene rings is 1. The van der Waals surface area contributed by atoms with Crippen LogP contribution in [-0.2, 0) is 9.47 Å². The molecule has 0 spiro atoms. The van der Waals surface area contributed by atoms with Gasteiger partial charge in [0.2, 0.25) is 0 Å². The van der Waals surface area contributed by atoms with E-state index in [4.69, 9.17) is 20.9 Å². The maximum atomic E-state index is 11.5. The summed E-state index contributed by atoms with van der Waals surface area (Å²) in [7, 11) is 3.26. The molecule has 106 valence electrons. The zero-order valence-corrected chi connectivity index (χ0v) is 11.4. The molecule has 6 nitrogen and oxygen atoms in total. The molecule has 0 unspecified atom stereocenters. The van der Waals surface area contributed by atoms with E-state index in [0.717, 1.165) is 5.69 Å². The van der Waals surface area contributed by atoms with Crippen molar-refractivity contribution < 1.29 is 14.3 Å². The van der Waals surface area contributed by atoms with Crippen molar-refractivity contribution >= 4 is 17.3 Å². The number of nitrogens with zero attached hydrogens (tertiary/aromatic N) is 1. The highest BCUT2D eigenvalue weighted by Crippen LogP contribution is 2.22. The van der Waals surface area contributed by atoms with Crippen molar-refractivity contribution in [3.63, 3.8) is 0 Å². The molecule has 1 aromatic carbocycles. The third-order valence-electron chi connectivity index (χ3n) is 2.76. The molecular formula is C13H21N3O3. The van der Waals surface area contributed by atoms with Gasteiger partial charge in [0, 0.05) is 38.7 Å². The van der Waals surface area contributed by atoms with Crippen LogP contribution in [0.1, 0.15) is 10.4 Å². The van der Waals surface area contributed by atoms with Crippen LogP contribution < -0.4 is 16.4 Å². The van der Waals surface area contributed by atoms with Crippen LogP contribution in [0.25, 0.3) is 0 Å². The van der Waals surface area contributed by atoms with E-state index < -0.39 is 5.91 Å². The van der Waals surface area contributed by atoms with Gasteiger partial charge in [-0.25, -0.2) is 0 Å². The zero-order valence-electron chi connectivity index (χ0n) is 11.4. The first-order valence-electron chi connectivity index (χ1n) is 6.02. The lowest BCUT2D eigenvalue weighted by molar-refractivity contribution is 0.100. The lowest BCUT2D eigenvalue weighted by Crippen LogP contribution is -2.32. The molecule has 1 rings (SSSR count). The summed E-state index contributed by atoms with van der Waals surface area (Å²) in [5.74, 6) is -0.498. The number of hydrogen-bond acceptors (Lipinski definition) is 5. The Hall–Kier alpha value is -1.79. The molecule has 6 heteroatoms. The van der Waals surface area contributed by atoms with Crippen molar-refractivity contribution in [1.29, 1.82) is 0 Å². The molecule has 0 fully saturated rings. The zero-order chi connectivity index (χ0) is 14.3. The molecule has 0 saturated heterocycles. The van der Waals surface area contributed by atoms with Crippen molar-refractivity contribution in [2.75, 3.05) is 51.2 Å². The van der Waals surface area contributed by atoms with Gasteiger partial charge in [-0.05, 0) is 18.2 Å². The Morgan fingerprint density at radius 3 is 2.26 bits per heavy atom. The average molecular weight is 267 g/mol. The molecule has 0 atom stereocenters. The number of amides is 1. The second-order valence-corrected chi connectivity index (χ2v) is 4.11. The minimum absolute atomic E-state index is 0.409. The van der Waals surface area contributed by atoms with Crippen molar-refractivity contribution in [2.24, 2.45) is 5.73 Å². The number of carbonyl (C=O) groups is 1. The number of primary amides is 1. The number of anilines is 2. The molecule has 0 aliphatic carbocycles. The first-order valence-corrected chi connectivity index (χ1v) is 6.02. The largest absolute Gasteiger partial charge is 0.399 e. The Bertz CT molecular complexity index is 416. The number of methoxy groups -OCH3 is 2. The number of nitrogens with two attached hydrogens (primary N) is 2. The maximum absolute atomic E-state index is 11.5. The van der Waals surface area contributed by atoms with Crippen LogP contribution in [0, 0.1) is 0 Å². The number of hydrogen-bond donors (Lipinski definition) is 2.